The second-order valence-corrected chi connectivity index (χ2v) is 4.91. The molecule has 0 radical (unpaired) electrons. The van der Waals surface area contributed by atoms with Gasteiger partial charge in [0.15, 0.2) is 7.50 Å². The minimum Gasteiger partial charge on any atom is -0.351 e. The zero-order valence-corrected chi connectivity index (χ0v) is 8.73. The number of hydrogen-bond acceptors (Lipinski definition) is 3. The van der Waals surface area contributed by atoms with Gasteiger partial charge in [0.2, 0.25) is 0 Å². The van der Waals surface area contributed by atoms with Crippen molar-refractivity contribution in [3.05, 3.63) is 0 Å². The van der Waals surface area contributed by atoms with Crippen molar-refractivity contribution in [2.75, 3.05) is 0 Å². The molecule has 0 aliphatic heterocycles. The lowest BCUT2D eigenvalue weighted by Gasteiger charge is -2.31. The van der Waals surface area contributed by atoms with Crippen LogP contribution in [0.4, 0.5) is 0 Å². The Balaban J connectivity index is 3.98. The molecule has 2 nitrogen and oxygen atoms in total. The topological polar surface area (TPSA) is 23.5 Å². The number of hydrogen-bond donors (Lipinski definition) is 2. The van der Waals surface area contributed by atoms with E-state index in [0.717, 1.165) is 0 Å². The molecule has 0 saturated carbocycles. The van der Waals surface area contributed by atoms with Crippen LogP contribution in [0.2, 0.25) is 0 Å². The molecule has 0 aliphatic carbocycles. The number of thiol groups is 1. The summed E-state index contributed by atoms with van der Waals surface area (Å²) in [6.07, 6.45) is 0. The second kappa shape index (κ2) is 4.55. The Hall–Kier alpha value is 0.700. The van der Waals surface area contributed by atoms with Gasteiger partial charge in [-0.1, -0.05) is 0 Å². The molecule has 0 heterocycles. The van der Waals surface area contributed by atoms with Crippen LogP contribution < -0.4 is 0 Å². The Bertz CT molecular complexity index is 78.7. The maximum Gasteiger partial charge on any atom is 0.163 e. The highest BCUT2D eigenvalue weighted by molar-refractivity contribution is 8.42. The van der Waals surface area contributed by atoms with Crippen LogP contribution in [0, 0.1) is 0 Å². The summed E-state index contributed by atoms with van der Waals surface area (Å²) in [5.41, 5.74) is 0. The van der Waals surface area contributed by atoms with Gasteiger partial charge in [-0.3, -0.25) is 0 Å². The fraction of sp³-hybridized carbons (Fsp3) is 1.00. The monoisotopic (exact) mass is 181 g/mol. The molecule has 1 atom stereocenters. The quantitative estimate of drug-likeness (QED) is 0.515. The Morgan fingerprint density at radius 1 is 1.20 bits per heavy atom. The first kappa shape index (κ1) is 10.7. The van der Waals surface area contributed by atoms with Crippen LogP contribution in [-0.2, 0) is 0 Å². The lowest BCUT2D eigenvalue weighted by atomic mass is 10.3. The highest BCUT2D eigenvalue weighted by Gasteiger charge is 2.18. The van der Waals surface area contributed by atoms with E-state index in [2.05, 4.69) is 39.9 Å². The second-order valence-electron chi connectivity index (χ2n) is 2.84. The van der Waals surface area contributed by atoms with Crippen molar-refractivity contribution in [3.63, 3.8) is 0 Å². The Morgan fingerprint density at radius 2 is 1.50 bits per heavy atom. The van der Waals surface area contributed by atoms with E-state index >= 15 is 0 Å². The van der Waals surface area contributed by atoms with Crippen molar-refractivity contribution in [2.45, 2.75) is 39.8 Å². The van der Waals surface area contributed by atoms with Gasteiger partial charge in [0.1, 0.15) is 0 Å². The molecular weight excluding hydrogens is 165 g/mol. The molecule has 0 saturated heterocycles. The molecule has 0 rings (SSSR count). The molecule has 0 fully saturated rings. The summed E-state index contributed by atoms with van der Waals surface area (Å²) in [6.45, 7) is 8.23. The SMILES string of the molecule is CC(C)N(C(C)C)P(O)S. The van der Waals surface area contributed by atoms with Crippen LogP contribution in [0.3, 0.4) is 0 Å². The highest BCUT2D eigenvalue weighted by Crippen LogP contribution is 2.42. The van der Waals surface area contributed by atoms with Crippen molar-refractivity contribution in [2.24, 2.45) is 0 Å². The van der Waals surface area contributed by atoms with Gasteiger partial charge in [-0.15, -0.1) is 12.2 Å². The molecule has 0 aliphatic rings. The molecule has 62 valence electrons. The lowest BCUT2D eigenvalue weighted by Crippen LogP contribution is -2.30. The van der Waals surface area contributed by atoms with Crippen LogP contribution in [0.5, 0.6) is 0 Å². The maximum atomic E-state index is 9.21. The summed E-state index contributed by atoms with van der Waals surface area (Å²) >= 11 is 4.02. The van der Waals surface area contributed by atoms with E-state index in [-0.39, 0.29) is 0 Å². The van der Waals surface area contributed by atoms with Gasteiger partial charge in [-0.2, -0.15) is 0 Å². The summed E-state index contributed by atoms with van der Waals surface area (Å²) in [5, 5.41) is 0. The normalized spacial score (nSPS) is 15.3. The molecule has 0 spiro atoms. The third-order valence-corrected chi connectivity index (χ3v) is 3.22. The van der Waals surface area contributed by atoms with Gasteiger partial charge in [0.25, 0.3) is 0 Å². The van der Waals surface area contributed by atoms with Crippen molar-refractivity contribution in [1.29, 1.82) is 0 Å². The van der Waals surface area contributed by atoms with Crippen LogP contribution in [-0.4, -0.2) is 21.6 Å². The molecule has 1 N–H and O–H groups in total. The molecule has 0 amide bonds. The predicted molar refractivity (Wildman–Crippen MR) is 50.2 cm³/mol. The molecule has 0 aromatic rings. The van der Waals surface area contributed by atoms with Gasteiger partial charge in [0.05, 0.1) is 0 Å². The minimum absolute atomic E-state index is 0.369. The van der Waals surface area contributed by atoms with Crippen LogP contribution in [0.15, 0.2) is 0 Å². The van der Waals surface area contributed by atoms with Crippen LogP contribution >= 0.6 is 19.7 Å². The summed E-state index contributed by atoms with van der Waals surface area (Å²) in [4.78, 5) is 9.21. The van der Waals surface area contributed by atoms with Crippen LogP contribution in [0.25, 0.3) is 0 Å². The zero-order chi connectivity index (χ0) is 8.31. The molecule has 0 bridgehead atoms. The van der Waals surface area contributed by atoms with E-state index in [1.54, 1.807) is 0 Å². The average Bonchev–Trinajstić information content (AvgIpc) is 1.59. The zero-order valence-electron chi connectivity index (χ0n) is 6.94. The van der Waals surface area contributed by atoms with E-state index in [4.69, 9.17) is 0 Å². The predicted octanol–water partition coefficient (Wildman–Crippen LogP) is 2.25. The third kappa shape index (κ3) is 3.20. The van der Waals surface area contributed by atoms with Crippen molar-refractivity contribution in [3.8, 4) is 0 Å². The molecule has 10 heavy (non-hydrogen) atoms. The van der Waals surface area contributed by atoms with Gasteiger partial charge in [-0.05, 0) is 27.7 Å². The van der Waals surface area contributed by atoms with E-state index < -0.39 is 7.50 Å². The number of nitrogens with zero attached hydrogens (tertiary/aromatic N) is 1. The first-order chi connectivity index (χ1) is 4.46. The molecular formula is C6H16NOPS. The van der Waals surface area contributed by atoms with Gasteiger partial charge < -0.3 is 4.89 Å². The average molecular weight is 181 g/mol. The van der Waals surface area contributed by atoms with E-state index in [1.807, 2.05) is 4.67 Å². The fourth-order valence-electron chi connectivity index (χ4n) is 1.01. The van der Waals surface area contributed by atoms with E-state index in [1.165, 1.54) is 0 Å². The van der Waals surface area contributed by atoms with Crippen molar-refractivity contribution < 1.29 is 4.89 Å². The summed E-state index contributed by atoms with van der Waals surface area (Å²) < 4.78 is 1.98. The van der Waals surface area contributed by atoms with E-state index in [9.17, 15) is 4.89 Å². The van der Waals surface area contributed by atoms with Crippen molar-refractivity contribution >= 4 is 19.7 Å². The van der Waals surface area contributed by atoms with Gasteiger partial charge >= 0.3 is 0 Å². The first-order valence-electron chi connectivity index (χ1n) is 3.43. The maximum absolute atomic E-state index is 9.21. The molecule has 1 unspecified atom stereocenters. The largest absolute Gasteiger partial charge is 0.351 e. The Kier molecular flexibility index (Phi) is 4.87. The minimum atomic E-state index is -1.22. The standard InChI is InChI=1S/C6H16NOPS/c1-5(2)7(6(3)4)9(8)10/h5-6,8,10H,1-4H3. The summed E-state index contributed by atoms with van der Waals surface area (Å²) in [6, 6.07) is 0.738. The summed E-state index contributed by atoms with van der Waals surface area (Å²) in [5.74, 6) is 0. The highest BCUT2D eigenvalue weighted by atomic mass is 32.7. The van der Waals surface area contributed by atoms with Crippen molar-refractivity contribution in [1.82, 2.24) is 4.67 Å². The van der Waals surface area contributed by atoms with Gasteiger partial charge in [0, 0.05) is 12.1 Å². The van der Waals surface area contributed by atoms with Crippen LogP contribution in [0.1, 0.15) is 27.7 Å². The summed E-state index contributed by atoms with van der Waals surface area (Å²) in [7, 11) is -1.22. The Labute approximate surface area is 69.7 Å². The first-order valence-corrected chi connectivity index (χ1v) is 5.83. The van der Waals surface area contributed by atoms with E-state index in [0.29, 0.717) is 12.1 Å². The molecule has 0 aromatic carbocycles. The molecule has 0 aromatic heterocycles. The number of rotatable bonds is 3. The third-order valence-electron chi connectivity index (χ3n) is 1.26. The lowest BCUT2D eigenvalue weighted by molar-refractivity contribution is 0.304. The fourth-order valence-corrected chi connectivity index (χ4v) is 3.07. The molecule has 4 heteroatoms. The van der Waals surface area contributed by atoms with Gasteiger partial charge in [-0.25, -0.2) is 4.67 Å². The smallest absolute Gasteiger partial charge is 0.163 e. The Morgan fingerprint density at radius 3 is 1.50 bits per heavy atom.